The van der Waals surface area contributed by atoms with Crippen molar-refractivity contribution in [2.75, 3.05) is 6.54 Å². The largest absolute Gasteiger partial charge is 0.289 e. The Kier molecular flexibility index (Phi) is 3.87. The number of pyridine rings is 1. The summed E-state index contributed by atoms with van der Waals surface area (Å²) in [7, 11) is 0. The Hall–Kier alpha value is -0.830. The molecule has 0 atom stereocenters. The van der Waals surface area contributed by atoms with Gasteiger partial charge in [-0.3, -0.25) is 4.99 Å². The van der Waals surface area contributed by atoms with Gasteiger partial charge in [-0.2, -0.15) is 0 Å². The van der Waals surface area contributed by atoms with Crippen LogP contribution in [0.2, 0.25) is 0 Å². The van der Waals surface area contributed by atoms with Crippen LogP contribution in [-0.4, -0.2) is 22.0 Å². The summed E-state index contributed by atoms with van der Waals surface area (Å²) in [6.07, 6.45) is 5.46. The smallest absolute Gasteiger partial charge is 0.106 e. The molecular formula is C14H20N2S. The fourth-order valence-electron chi connectivity index (χ4n) is 1.90. The van der Waals surface area contributed by atoms with Crippen molar-refractivity contribution in [1.82, 2.24) is 4.98 Å². The van der Waals surface area contributed by atoms with E-state index in [9.17, 15) is 0 Å². The van der Waals surface area contributed by atoms with Gasteiger partial charge in [-0.05, 0) is 31.4 Å². The molecule has 0 aromatic carbocycles. The van der Waals surface area contributed by atoms with Crippen LogP contribution in [0.1, 0.15) is 45.6 Å². The highest BCUT2D eigenvalue weighted by molar-refractivity contribution is 8.00. The molecule has 0 bridgehead atoms. The lowest BCUT2D eigenvalue weighted by molar-refractivity contribution is 0.736. The number of thioether (sulfide) groups is 1. The van der Waals surface area contributed by atoms with Crippen molar-refractivity contribution in [1.29, 1.82) is 0 Å². The maximum Gasteiger partial charge on any atom is 0.106 e. The second kappa shape index (κ2) is 5.21. The fraction of sp³-hybridized carbons (Fsp3) is 0.571. The lowest BCUT2D eigenvalue weighted by Crippen LogP contribution is -2.13. The summed E-state index contributed by atoms with van der Waals surface area (Å²) in [5.41, 5.74) is 2.49. The van der Waals surface area contributed by atoms with Crippen LogP contribution in [0.15, 0.2) is 28.3 Å². The van der Waals surface area contributed by atoms with Gasteiger partial charge in [0, 0.05) is 28.8 Å². The molecule has 1 aliphatic rings. The Morgan fingerprint density at radius 2 is 2.06 bits per heavy atom. The summed E-state index contributed by atoms with van der Waals surface area (Å²) in [4.78, 5) is 9.18. The number of aliphatic imine (C=N–C) groups is 1. The maximum absolute atomic E-state index is 4.65. The Labute approximate surface area is 108 Å². The van der Waals surface area contributed by atoms with Gasteiger partial charge in [0.15, 0.2) is 0 Å². The normalized spacial score (nSPS) is 16.8. The molecule has 0 unspecified atom stereocenters. The van der Waals surface area contributed by atoms with Crippen LogP contribution < -0.4 is 0 Å². The van der Waals surface area contributed by atoms with Crippen LogP contribution in [0.25, 0.3) is 0 Å². The number of aromatic nitrogens is 1. The Bertz CT molecular complexity index is 418. The summed E-state index contributed by atoms with van der Waals surface area (Å²) in [5, 5.41) is 1.13. The minimum atomic E-state index is 0.193. The second-order valence-electron chi connectivity index (χ2n) is 5.36. The highest BCUT2D eigenvalue weighted by Gasteiger charge is 2.18. The molecule has 0 N–H and O–H groups in total. The number of rotatable bonds is 2. The quantitative estimate of drug-likeness (QED) is 0.741. The third-order valence-corrected chi connectivity index (χ3v) is 3.74. The fourth-order valence-corrected chi connectivity index (χ4v) is 2.89. The molecule has 2 nitrogen and oxygen atoms in total. The molecule has 1 aliphatic heterocycles. The highest BCUT2D eigenvalue weighted by atomic mass is 32.2. The molecule has 1 aromatic heterocycles. The van der Waals surface area contributed by atoms with Gasteiger partial charge in [0.25, 0.3) is 0 Å². The summed E-state index contributed by atoms with van der Waals surface area (Å²) in [5.74, 6) is 0. The summed E-state index contributed by atoms with van der Waals surface area (Å²) >= 11 is 1.83. The third kappa shape index (κ3) is 3.56. The lowest BCUT2D eigenvalue weighted by atomic mass is 10.0. The van der Waals surface area contributed by atoms with Gasteiger partial charge in [0.1, 0.15) is 5.03 Å². The van der Waals surface area contributed by atoms with Crippen molar-refractivity contribution in [3.05, 3.63) is 23.9 Å². The van der Waals surface area contributed by atoms with Gasteiger partial charge >= 0.3 is 0 Å². The van der Waals surface area contributed by atoms with E-state index in [1.165, 1.54) is 24.1 Å². The van der Waals surface area contributed by atoms with E-state index >= 15 is 0 Å². The first kappa shape index (κ1) is 12.6. The first-order valence-electron chi connectivity index (χ1n) is 6.24. The van der Waals surface area contributed by atoms with Crippen molar-refractivity contribution < 1.29 is 0 Å². The number of nitrogens with zero attached hydrogens (tertiary/aromatic N) is 2. The SMILES string of the molecule is CC(C)(C)Sc1ncccc1C1=NCCCC1. The van der Waals surface area contributed by atoms with Crippen molar-refractivity contribution in [3.8, 4) is 0 Å². The molecule has 0 amide bonds. The van der Waals surface area contributed by atoms with E-state index in [1.54, 1.807) is 0 Å². The minimum absolute atomic E-state index is 0.193. The average Bonchev–Trinajstić information content (AvgIpc) is 2.29. The number of hydrogen-bond donors (Lipinski definition) is 0. The standard InChI is InChI=1S/C14H20N2S/c1-14(2,3)17-13-11(7-6-10-16-13)12-8-4-5-9-15-12/h6-7,10H,4-5,8-9H2,1-3H3. The predicted molar refractivity (Wildman–Crippen MR) is 75.1 cm³/mol. The van der Waals surface area contributed by atoms with Gasteiger partial charge in [-0.25, -0.2) is 4.98 Å². The van der Waals surface area contributed by atoms with Crippen LogP contribution in [-0.2, 0) is 0 Å². The van der Waals surface area contributed by atoms with E-state index in [-0.39, 0.29) is 4.75 Å². The predicted octanol–water partition coefficient (Wildman–Crippen LogP) is 3.95. The second-order valence-corrected chi connectivity index (χ2v) is 7.17. The van der Waals surface area contributed by atoms with E-state index in [0.29, 0.717) is 0 Å². The highest BCUT2D eigenvalue weighted by Crippen LogP contribution is 2.33. The zero-order chi connectivity index (χ0) is 12.3. The molecule has 2 heterocycles. The summed E-state index contributed by atoms with van der Waals surface area (Å²) in [6.45, 7) is 7.64. The minimum Gasteiger partial charge on any atom is -0.289 e. The van der Waals surface area contributed by atoms with Crippen molar-refractivity contribution in [2.45, 2.75) is 49.8 Å². The molecular weight excluding hydrogens is 228 g/mol. The zero-order valence-corrected chi connectivity index (χ0v) is 11.7. The lowest BCUT2D eigenvalue weighted by Gasteiger charge is -2.20. The Morgan fingerprint density at radius 1 is 1.24 bits per heavy atom. The molecule has 1 aromatic rings. The molecule has 2 rings (SSSR count). The van der Waals surface area contributed by atoms with Crippen LogP contribution in [0, 0.1) is 0 Å². The van der Waals surface area contributed by atoms with Gasteiger partial charge in [-0.15, -0.1) is 0 Å². The molecule has 0 spiro atoms. The third-order valence-electron chi connectivity index (χ3n) is 2.61. The van der Waals surface area contributed by atoms with Crippen molar-refractivity contribution in [3.63, 3.8) is 0 Å². The zero-order valence-electron chi connectivity index (χ0n) is 10.9. The summed E-state index contributed by atoms with van der Waals surface area (Å²) < 4.78 is 0.193. The van der Waals surface area contributed by atoms with Crippen LogP contribution in [0.3, 0.4) is 0 Å². The molecule has 0 aliphatic carbocycles. The van der Waals surface area contributed by atoms with E-state index in [2.05, 4.69) is 36.8 Å². The average molecular weight is 248 g/mol. The molecule has 0 saturated carbocycles. The first-order valence-corrected chi connectivity index (χ1v) is 7.06. The molecule has 0 fully saturated rings. The Morgan fingerprint density at radius 3 is 2.71 bits per heavy atom. The van der Waals surface area contributed by atoms with Crippen LogP contribution in [0.4, 0.5) is 0 Å². The molecule has 0 radical (unpaired) electrons. The van der Waals surface area contributed by atoms with Crippen molar-refractivity contribution >= 4 is 17.5 Å². The van der Waals surface area contributed by atoms with E-state index in [4.69, 9.17) is 0 Å². The van der Waals surface area contributed by atoms with E-state index in [1.807, 2.05) is 24.0 Å². The van der Waals surface area contributed by atoms with Gasteiger partial charge in [0.05, 0.1) is 0 Å². The summed E-state index contributed by atoms with van der Waals surface area (Å²) in [6, 6.07) is 4.17. The van der Waals surface area contributed by atoms with Gasteiger partial charge in [-0.1, -0.05) is 32.5 Å². The van der Waals surface area contributed by atoms with Crippen molar-refractivity contribution in [2.24, 2.45) is 4.99 Å². The maximum atomic E-state index is 4.65. The topological polar surface area (TPSA) is 25.2 Å². The van der Waals surface area contributed by atoms with Gasteiger partial charge < -0.3 is 0 Å². The molecule has 17 heavy (non-hydrogen) atoms. The first-order chi connectivity index (χ1) is 8.06. The molecule has 92 valence electrons. The molecule has 0 saturated heterocycles. The Balaban J connectivity index is 2.30. The van der Waals surface area contributed by atoms with Crippen LogP contribution >= 0.6 is 11.8 Å². The number of hydrogen-bond acceptors (Lipinski definition) is 3. The molecule has 3 heteroatoms. The monoisotopic (exact) mass is 248 g/mol. The van der Waals surface area contributed by atoms with E-state index < -0.39 is 0 Å². The van der Waals surface area contributed by atoms with Crippen LogP contribution in [0.5, 0.6) is 0 Å². The van der Waals surface area contributed by atoms with E-state index in [0.717, 1.165) is 18.0 Å². The van der Waals surface area contributed by atoms with Gasteiger partial charge in [0.2, 0.25) is 0 Å².